The Balaban J connectivity index is 1.73. The van der Waals surface area contributed by atoms with Crippen LogP contribution >= 0.6 is 0 Å². The minimum absolute atomic E-state index is 0.00437. The number of hydrogen-bond acceptors (Lipinski definition) is 4. The number of benzene rings is 1. The summed E-state index contributed by atoms with van der Waals surface area (Å²) in [6.45, 7) is 9.77. The lowest BCUT2D eigenvalue weighted by Gasteiger charge is -2.31. The van der Waals surface area contributed by atoms with Gasteiger partial charge < -0.3 is 19.7 Å². The molecule has 1 aromatic rings. The summed E-state index contributed by atoms with van der Waals surface area (Å²) >= 11 is 0. The SMILES string of the molecule is CCCCOC(=O)N1CCC(NC(=O)COc2c(C)ccc(C)c2C)CC1. The Kier molecular flexibility index (Phi) is 7.95. The number of nitrogens with one attached hydrogen (secondary N) is 1. The Hall–Kier alpha value is -2.24. The number of unbranched alkanes of at least 4 members (excludes halogenated alkanes) is 1. The minimum atomic E-state index is -0.248. The lowest BCUT2D eigenvalue weighted by atomic mass is 10.1. The lowest BCUT2D eigenvalue weighted by molar-refractivity contribution is -0.124. The van der Waals surface area contributed by atoms with E-state index in [4.69, 9.17) is 9.47 Å². The summed E-state index contributed by atoms with van der Waals surface area (Å²) in [5.74, 6) is 0.661. The van der Waals surface area contributed by atoms with Gasteiger partial charge in [0, 0.05) is 19.1 Å². The van der Waals surface area contributed by atoms with Gasteiger partial charge >= 0.3 is 6.09 Å². The molecule has 6 heteroatoms. The van der Waals surface area contributed by atoms with E-state index in [9.17, 15) is 9.59 Å². The van der Waals surface area contributed by atoms with Gasteiger partial charge in [0.15, 0.2) is 6.61 Å². The third-order valence-electron chi connectivity index (χ3n) is 5.06. The lowest BCUT2D eigenvalue weighted by Crippen LogP contribution is -2.47. The average molecular weight is 376 g/mol. The fraction of sp³-hybridized carbons (Fsp3) is 0.619. The van der Waals surface area contributed by atoms with Crippen LogP contribution in [0.3, 0.4) is 0 Å². The second-order valence-corrected chi connectivity index (χ2v) is 7.24. The van der Waals surface area contributed by atoms with Crippen molar-refractivity contribution in [3.8, 4) is 5.75 Å². The van der Waals surface area contributed by atoms with Crippen LogP contribution in [0.1, 0.15) is 49.3 Å². The third-order valence-corrected chi connectivity index (χ3v) is 5.06. The summed E-state index contributed by atoms with van der Waals surface area (Å²) in [4.78, 5) is 25.9. The summed E-state index contributed by atoms with van der Waals surface area (Å²) in [7, 11) is 0. The van der Waals surface area contributed by atoms with Gasteiger partial charge in [-0.2, -0.15) is 0 Å². The fourth-order valence-corrected chi connectivity index (χ4v) is 3.16. The summed E-state index contributed by atoms with van der Waals surface area (Å²) in [5.41, 5.74) is 3.24. The van der Waals surface area contributed by atoms with Crippen LogP contribution < -0.4 is 10.1 Å². The summed E-state index contributed by atoms with van der Waals surface area (Å²) < 4.78 is 11.0. The molecule has 27 heavy (non-hydrogen) atoms. The first-order chi connectivity index (χ1) is 12.9. The zero-order valence-corrected chi connectivity index (χ0v) is 17.0. The van der Waals surface area contributed by atoms with Gasteiger partial charge in [-0.05, 0) is 56.7 Å². The highest BCUT2D eigenvalue weighted by Gasteiger charge is 2.24. The van der Waals surface area contributed by atoms with Crippen LogP contribution in [0, 0.1) is 20.8 Å². The van der Waals surface area contributed by atoms with Crippen molar-refractivity contribution in [2.24, 2.45) is 0 Å². The van der Waals surface area contributed by atoms with Gasteiger partial charge in [0.05, 0.1) is 6.61 Å². The number of ether oxygens (including phenoxy) is 2. The molecular weight excluding hydrogens is 344 g/mol. The molecule has 2 rings (SSSR count). The molecule has 1 N–H and O–H groups in total. The Morgan fingerprint density at radius 2 is 1.81 bits per heavy atom. The molecule has 0 atom stereocenters. The van der Waals surface area contributed by atoms with Crippen molar-refractivity contribution in [2.75, 3.05) is 26.3 Å². The van der Waals surface area contributed by atoms with E-state index in [1.54, 1.807) is 4.90 Å². The number of amides is 2. The van der Waals surface area contributed by atoms with E-state index in [2.05, 4.69) is 18.3 Å². The molecule has 2 amide bonds. The van der Waals surface area contributed by atoms with Crippen LogP contribution in [-0.2, 0) is 9.53 Å². The summed E-state index contributed by atoms with van der Waals surface area (Å²) in [5, 5.41) is 3.01. The molecule has 6 nitrogen and oxygen atoms in total. The highest BCUT2D eigenvalue weighted by molar-refractivity contribution is 5.78. The van der Waals surface area contributed by atoms with E-state index < -0.39 is 0 Å². The number of likely N-dealkylation sites (tertiary alicyclic amines) is 1. The molecule has 1 aliphatic rings. The number of carbonyl (C=O) groups is 2. The van der Waals surface area contributed by atoms with E-state index in [1.165, 1.54) is 0 Å². The van der Waals surface area contributed by atoms with Crippen LogP contribution in [0.25, 0.3) is 0 Å². The van der Waals surface area contributed by atoms with Gasteiger partial charge in [-0.25, -0.2) is 4.79 Å². The molecule has 1 fully saturated rings. The number of carbonyl (C=O) groups excluding carboxylic acids is 2. The maximum absolute atomic E-state index is 12.2. The molecule has 0 aromatic heterocycles. The van der Waals surface area contributed by atoms with Crippen molar-refractivity contribution in [3.05, 3.63) is 28.8 Å². The first-order valence-corrected chi connectivity index (χ1v) is 9.83. The molecular formula is C21H32N2O4. The maximum atomic E-state index is 12.2. The van der Waals surface area contributed by atoms with Gasteiger partial charge in [-0.1, -0.05) is 25.5 Å². The van der Waals surface area contributed by atoms with E-state index in [-0.39, 0.29) is 24.6 Å². The molecule has 0 aliphatic carbocycles. The van der Waals surface area contributed by atoms with Crippen molar-refractivity contribution in [1.82, 2.24) is 10.2 Å². The Labute approximate surface area is 162 Å². The molecule has 1 heterocycles. The molecule has 1 aromatic carbocycles. The van der Waals surface area contributed by atoms with Crippen molar-refractivity contribution < 1.29 is 19.1 Å². The Bertz CT molecular complexity index is 652. The minimum Gasteiger partial charge on any atom is -0.483 e. The smallest absolute Gasteiger partial charge is 0.409 e. The second kappa shape index (κ2) is 10.2. The van der Waals surface area contributed by atoms with Crippen LogP contribution in [0.2, 0.25) is 0 Å². The summed E-state index contributed by atoms with van der Waals surface area (Å²) in [6.07, 6.45) is 3.11. The summed E-state index contributed by atoms with van der Waals surface area (Å²) in [6, 6.07) is 4.13. The van der Waals surface area contributed by atoms with Crippen LogP contribution in [0.5, 0.6) is 5.75 Å². The van der Waals surface area contributed by atoms with Crippen molar-refractivity contribution >= 4 is 12.0 Å². The second-order valence-electron chi connectivity index (χ2n) is 7.24. The van der Waals surface area contributed by atoms with E-state index in [1.807, 2.05) is 26.8 Å². The molecule has 150 valence electrons. The topological polar surface area (TPSA) is 67.9 Å². The van der Waals surface area contributed by atoms with Crippen LogP contribution in [0.15, 0.2) is 12.1 Å². The predicted octanol–water partition coefficient (Wildman–Crippen LogP) is 3.51. The predicted molar refractivity (Wildman–Crippen MR) is 105 cm³/mol. The van der Waals surface area contributed by atoms with Gasteiger partial charge in [0.25, 0.3) is 5.91 Å². The van der Waals surface area contributed by atoms with Crippen molar-refractivity contribution in [2.45, 2.75) is 59.4 Å². The maximum Gasteiger partial charge on any atom is 0.409 e. The highest BCUT2D eigenvalue weighted by Crippen LogP contribution is 2.25. The Morgan fingerprint density at radius 1 is 1.15 bits per heavy atom. The van der Waals surface area contributed by atoms with Crippen LogP contribution in [-0.4, -0.2) is 49.2 Å². The van der Waals surface area contributed by atoms with Crippen molar-refractivity contribution in [3.63, 3.8) is 0 Å². The van der Waals surface area contributed by atoms with E-state index >= 15 is 0 Å². The zero-order valence-electron chi connectivity index (χ0n) is 17.0. The molecule has 0 radical (unpaired) electrons. The fourth-order valence-electron chi connectivity index (χ4n) is 3.16. The monoisotopic (exact) mass is 376 g/mol. The zero-order chi connectivity index (χ0) is 19.8. The van der Waals surface area contributed by atoms with E-state index in [0.717, 1.165) is 48.1 Å². The molecule has 0 unspecified atom stereocenters. The standard InChI is InChI=1S/C21H32N2O4/c1-5-6-13-26-21(25)23-11-9-18(10-12-23)22-19(24)14-27-20-16(3)8-7-15(2)17(20)4/h7-8,18H,5-6,9-14H2,1-4H3,(H,22,24). The first kappa shape index (κ1) is 21.1. The Morgan fingerprint density at radius 3 is 2.48 bits per heavy atom. The number of hydrogen-bond donors (Lipinski definition) is 1. The number of aryl methyl sites for hydroxylation is 2. The normalized spacial score (nSPS) is 14.7. The van der Waals surface area contributed by atoms with E-state index in [0.29, 0.717) is 19.7 Å². The molecule has 1 saturated heterocycles. The quantitative estimate of drug-likeness (QED) is 0.740. The largest absolute Gasteiger partial charge is 0.483 e. The number of piperidine rings is 1. The van der Waals surface area contributed by atoms with Crippen LogP contribution in [0.4, 0.5) is 4.79 Å². The molecule has 0 saturated carbocycles. The van der Waals surface area contributed by atoms with Gasteiger partial charge in [-0.3, -0.25) is 4.79 Å². The highest BCUT2D eigenvalue weighted by atomic mass is 16.6. The average Bonchev–Trinajstić information content (AvgIpc) is 2.65. The number of nitrogens with zero attached hydrogens (tertiary/aromatic N) is 1. The molecule has 0 spiro atoms. The number of rotatable bonds is 7. The molecule has 1 aliphatic heterocycles. The molecule has 0 bridgehead atoms. The van der Waals surface area contributed by atoms with Gasteiger partial charge in [0.2, 0.25) is 0 Å². The van der Waals surface area contributed by atoms with Gasteiger partial charge in [0.1, 0.15) is 5.75 Å². The van der Waals surface area contributed by atoms with Gasteiger partial charge in [-0.15, -0.1) is 0 Å². The third kappa shape index (κ3) is 6.15. The van der Waals surface area contributed by atoms with Crippen molar-refractivity contribution in [1.29, 1.82) is 0 Å². The first-order valence-electron chi connectivity index (χ1n) is 9.83.